The summed E-state index contributed by atoms with van der Waals surface area (Å²) in [6.07, 6.45) is -5.10. The molecule has 0 N–H and O–H groups in total. The Kier molecular flexibility index (Phi) is 7.66. The molecule has 1 aliphatic rings. The fourth-order valence-corrected chi connectivity index (χ4v) is 2.79. The predicted molar refractivity (Wildman–Crippen MR) is 83.3 cm³/mol. The molecule has 0 amide bonds. The standard InChI is InChI=1S/C13H18N6O7/c1-5(20)24-11-9(17-19-15)8(16-18-14)10(23-4)12(25-6(2)21)13(11)26-7(3)22/h8-13H,1-4H3/t8-,9-,10+,11+,12-,13-/m0/s1. The van der Waals surface area contributed by atoms with Crippen LogP contribution in [0.4, 0.5) is 0 Å². The molecule has 0 aromatic rings. The molecule has 0 bridgehead atoms. The second-order valence-electron chi connectivity index (χ2n) is 5.31. The molecule has 142 valence electrons. The first-order valence-corrected chi connectivity index (χ1v) is 7.39. The second kappa shape index (κ2) is 9.47. The first-order valence-electron chi connectivity index (χ1n) is 7.39. The first kappa shape index (κ1) is 21.0. The van der Waals surface area contributed by atoms with E-state index in [-0.39, 0.29) is 0 Å². The minimum Gasteiger partial charge on any atom is -0.458 e. The fraction of sp³-hybridized carbons (Fsp3) is 0.769. The van der Waals surface area contributed by atoms with E-state index in [0.717, 1.165) is 20.8 Å². The number of carbonyl (C=O) groups excluding carboxylic acids is 3. The van der Waals surface area contributed by atoms with Crippen LogP contribution in [-0.2, 0) is 33.3 Å². The van der Waals surface area contributed by atoms with Gasteiger partial charge < -0.3 is 18.9 Å². The van der Waals surface area contributed by atoms with Crippen molar-refractivity contribution in [2.45, 2.75) is 57.3 Å². The molecular weight excluding hydrogens is 352 g/mol. The molecule has 0 aromatic heterocycles. The van der Waals surface area contributed by atoms with E-state index in [1.807, 2.05) is 0 Å². The average Bonchev–Trinajstić information content (AvgIpc) is 2.53. The minimum absolute atomic E-state index is 0.738. The highest BCUT2D eigenvalue weighted by molar-refractivity contribution is 5.68. The molecule has 0 aromatic carbocycles. The monoisotopic (exact) mass is 370 g/mol. The SMILES string of the molecule is CO[C@@H]1[C@@H](N=[N+]=[N-])[C@H](N=[N+]=[N-])[C@@H](OC(C)=O)[C@H](OC(C)=O)[C@H]1OC(C)=O. The highest BCUT2D eigenvalue weighted by atomic mass is 16.6. The molecule has 0 heterocycles. The molecule has 13 heteroatoms. The summed E-state index contributed by atoms with van der Waals surface area (Å²) in [5.74, 6) is -2.28. The second-order valence-corrected chi connectivity index (χ2v) is 5.31. The highest BCUT2D eigenvalue weighted by Gasteiger charge is 2.55. The number of hydrogen-bond acceptors (Lipinski definition) is 9. The van der Waals surface area contributed by atoms with Crippen LogP contribution in [0, 0.1) is 0 Å². The molecule has 0 saturated heterocycles. The molecule has 1 saturated carbocycles. The van der Waals surface area contributed by atoms with Crippen LogP contribution in [0.25, 0.3) is 20.9 Å². The van der Waals surface area contributed by atoms with Crippen molar-refractivity contribution >= 4 is 17.9 Å². The molecule has 13 nitrogen and oxygen atoms in total. The van der Waals surface area contributed by atoms with Gasteiger partial charge in [0.05, 0.1) is 12.1 Å². The summed E-state index contributed by atoms with van der Waals surface area (Å²) in [6, 6.07) is -2.46. The van der Waals surface area contributed by atoms with Gasteiger partial charge in [0.15, 0.2) is 18.3 Å². The Morgan fingerprint density at radius 1 is 0.731 bits per heavy atom. The Hall–Kier alpha value is -3.01. The first-order chi connectivity index (χ1) is 12.3. The van der Waals surface area contributed by atoms with Crippen LogP contribution in [-0.4, -0.2) is 61.5 Å². The van der Waals surface area contributed by atoms with Gasteiger partial charge in [-0.05, 0) is 11.1 Å². The Morgan fingerprint density at radius 3 is 1.42 bits per heavy atom. The lowest BCUT2D eigenvalue weighted by Gasteiger charge is -2.45. The number of rotatable bonds is 6. The van der Waals surface area contributed by atoms with E-state index in [1.54, 1.807) is 0 Å². The zero-order chi connectivity index (χ0) is 19.9. The van der Waals surface area contributed by atoms with Gasteiger partial charge >= 0.3 is 17.9 Å². The molecule has 6 atom stereocenters. The van der Waals surface area contributed by atoms with Crippen LogP contribution in [0.2, 0.25) is 0 Å². The minimum atomic E-state index is -1.36. The van der Waals surface area contributed by atoms with Crippen LogP contribution in [0.15, 0.2) is 10.2 Å². The summed E-state index contributed by atoms with van der Waals surface area (Å²) < 4.78 is 20.7. The van der Waals surface area contributed by atoms with Crippen molar-refractivity contribution in [3.8, 4) is 0 Å². The number of hydrogen-bond donors (Lipinski definition) is 0. The Balaban J connectivity index is 3.55. The maximum atomic E-state index is 11.5. The van der Waals surface area contributed by atoms with Gasteiger partial charge in [0.25, 0.3) is 0 Å². The number of methoxy groups -OCH3 is 1. The van der Waals surface area contributed by atoms with Crippen molar-refractivity contribution in [1.29, 1.82) is 0 Å². The molecule has 1 rings (SSSR count). The number of azide groups is 2. The van der Waals surface area contributed by atoms with Crippen LogP contribution >= 0.6 is 0 Å². The van der Waals surface area contributed by atoms with Gasteiger partial charge in [0.1, 0.15) is 6.10 Å². The van der Waals surface area contributed by atoms with E-state index >= 15 is 0 Å². The van der Waals surface area contributed by atoms with Crippen molar-refractivity contribution in [1.82, 2.24) is 0 Å². The average molecular weight is 370 g/mol. The maximum Gasteiger partial charge on any atom is 0.303 e. The van der Waals surface area contributed by atoms with Crippen LogP contribution in [0.1, 0.15) is 20.8 Å². The predicted octanol–water partition coefficient (Wildman–Crippen LogP) is 1.17. The van der Waals surface area contributed by atoms with Crippen molar-refractivity contribution in [3.05, 3.63) is 20.9 Å². The van der Waals surface area contributed by atoms with Crippen LogP contribution < -0.4 is 0 Å². The molecule has 0 unspecified atom stereocenters. The van der Waals surface area contributed by atoms with Crippen molar-refractivity contribution < 1.29 is 33.3 Å². The summed E-state index contributed by atoms with van der Waals surface area (Å²) in [5, 5.41) is 7.05. The number of nitrogens with zero attached hydrogens (tertiary/aromatic N) is 6. The quantitative estimate of drug-likeness (QED) is 0.220. The fourth-order valence-electron chi connectivity index (χ4n) is 2.79. The number of esters is 3. The molecule has 0 aliphatic heterocycles. The van der Waals surface area contributed by atoms with E-state index in [9.17, 15) is 14.4 Å². The van der Waals surface area contributed by atoms with E-state index < -0.39 is 54.4 Å². The van der Waals surface area contributed by atoms with E-state index in [0.29, 0.717) is 0 Å². The Morgan fingerprint density at radius 2 is 1.08 bits per heavy atom. The van der Waals surface area contributed by atoms with E-state index in [4.69, 9.17) is 30.0 Å². The third-order valence-electron chi connectivity index (χ3n) is 3.54. The number of carbonyl (C=O) groups is 3. The van der Waals surface area contributed by atoms with Crippen molar-refractivity contribution in [2.24, 2.45) is 10.2 Å². The lowest BCUT2D eigenvalue weighted by Crippen LogP contribution is -2.65. The normalized spacial score (nSPS) is 30.2. The Bertz CT molecular complexity index is 657. The van der Waals surface area contributed by atoms with Gasteiger partial charge in [-0.3, -0.25) is 14.4 Å². The molecule has 26 heavy (non-hydrogen) atoms. The van der Waals surface area contributed by atoms with Gasteiger partial charge in [-0.25, -0.2) is 0 Å². The molecule has 0 spiro atoms. The summed E-state index contributed by atoms with van der Waals surface area (Å²) >= 11 is 0. The third-order valence-corrected chi connectivity index (χ3v) is 3.54. The van der Waals surface area contributed by atoms with Crippen LogP contribution in [0.3, 0.4) is 0 Å². The van der Waals surface area contributed by atoms with Gasteiger partial charge in [-0.1, -0.05) is 10.2 Å². The molecule has 1 aliphatic carbocycles. The summed E-state index contributed by atoms with van der Waals surface area (Å²) in [6.45, 7) is 3.30. The smallest absolute Gasteiger partial charge is 0.303 e. The van der Waals surface area contributed by atoms with Gasteiger partial charge in [-0.15, -0.1) is 0 Å². The maximum absolute atomic E-state index is 11.5. The number of ether oxygens (including phenoxy) is 4. The lowest BCUT2D eigenvalue weighted by molar-refractivity contribution is -0.211. The summed E-state index contributed by atoms with van der Waals surface area (Å²) in [4.78, 5) is 39.8. The zero-order valence-corrected chi connectivity index (χ0v) is 14.5. The van der Waals surface area contributed by atoms with Gasteiger partial charge in [0, 0.05) is 37.7 Å². The summed E-state index contributed by atoms with van der Waals surface area (Å²) in [5.41, 5.74) is 17.7. The topological polar surface area (TPSA) is 186 Å². The Labute approximate surface area is 147 Å². The third kappa shape index (κ3) is 4.99. The van der Waals surface area contributed by atoms with E-state index in [2.05, 4.69) is 20.1 Å². The largest absolute Gasteiger partial charge is 0.458 e. The lowest BCUT2D eigenvalue weighted by atomic mass is 9.81. The van der Waals surface area contributed by atoms with Crippen LogP contribution in [0.5, 0.6) is 0 Å². The zero-order valence-electron chi connectivity index (χ0n) is 14.5. The highest BCUT2D eigenvalue weighted by Crippen LogP contribution is 2.34. The molecule has 1 fully saturated rings. The summed E-state index contributed by atoms with van der Waals surface area (Å²) in [7, 11) is 1.24. The molecule has 0 radical (unpaired) electrons. The van der Waals surface area contributed by atoms with E-state index in [1.165, 1.54) is 7.11 Å². The van der Waals surface area contributed by atoms with Crippen molar-refractivity contribution in [2.75, 3.05) is 7.11 Å². The van der Waals surface area contributed by atoms with Gasteiger partial charge in [0.2, 0.25) is 0 Å². The van der Waals surface area contributed by atoms with Crippen molar-refractivity contribution in [3.63, 3.8) is 0 Å². The van der Waals surface area contributed by atoms with Gasteiger partial charge in [-0.2, -0.15) is 0 Å². The molecular formula is C13H18N6O7.